The Morgan fingerprint density at radius 1 is 1.39 bits per heavy atom. The zero-order valence-electron chi connectivity index (χ0n) is 9.56. The quantitative estimate of drug-likeness (QED) is 0.919. The van der Waals surface area contributed by atoms with Gasteiger partial charge in [0.2, 0.25) is 0 Å². The minimum atomic E-state index is -4.32. The summed E-state index contributed by atoms with van der Waals surface area (Å²) in [6, 6.07) is 3.44. The Balaban J connectivity index is 2.01. The molecule has 0 saturated carbocycles. The molecule has 18 heavy (non-hydrogen) atoms. The Morgan fingerprint density at radius 2 is 2.17 bits per heavy atom. The maximum Gasteiger partial charge on any atom is 0.416 e. The molecule has 0 amide bonds. The van der Waals surface area contributed by atoms with Crippen LogP contribution in [-0.2, 0) is 6.18 Å². The van der Waals surface area contributed by atoms with Crippen molar-refractivity contribution in [1.82, 2.24) is 5.32 Å². The molecule has 1 fully saturated rings. The molecule has 1 N–H and O–H groups in total. The van der Waals surface area contributed by atoms with Crippen molar-refractivity contribution in [3.05, 3.63) is 28.2 Å². The predicted octanol–water partition coefficient (Wildman–Crippen LogP) is 3.46. The van der Waals surface area contributed by atoms with Gasteiger partial charge in [0.05, 0.1) is 16.6 Å². The topological polar surface area (TPSA) is 21.3 Å². The fourth-order valence-electron chi connectivity index (χ4n) is 1.86. The average Bonchev–Trinajstić information content (AvgIpc) is 2.79. The van der Waals surface area contributed by atoms with Gasteiger partial charge in [-0.25, -0.2) is 0 Å². The first-order chi connectivity index (χ1) is 8.47. The number of rotatable bonds is 3. The summed E-state index contributed by atoms with van der Waals surface area (Å²) in [4.78, 5) is 0. The zero-order chi connectivity index (χ0) is 13.2. The molecule has 1 aliphatic rings. The lowest BCUT2D eigenvalue weighted by molar-refractivity contribution is -0.137. The molecule has 100 valence electrons. The van der Waals surface area contributed by atoms with Gasteiger partial charge in [0, 0.05) is 12.5 Å². The molecule has 1 saturated heterocycles. The first-order valence-corrected chi connectivity index (χ1v) is 6.46. The summed E-state index contributed by atoms with van der Waals surface area (Å²) in [6.07, 6.45) is -3.28. The normalized spacial score (nSPS) is 20.1. The lowest BCUT2D eigenvalue weighted by Gasteiger charge is -2.14. The zero-order valence-corrected chi connectivity index (χ0v) is 11.1. The molecule has 1 unspecified atom stereocenters. The third kappa shape index (κ3) is 3.38. The number of hydrogen-bond donors (Lipinski definition) is 1. The largest absolute Gasteiger partial charge is 0.492 e. The molecule has 1 atom stereocenters. The summed E-state index contributed by atoms with van der Waals surface area (Å²) >= 11 is 3.11. The number of benzene rings is 1. The van der Waals surface area contributed by atoms with Crippen LogP contribution in [0.5, 0.6) is 5.75 Å². The second kappa shape index (κ2) is 5.48. The van der Waals surface area contributed by atoms with Crippen LogP contribution in [0.3, 0.4) is 0 Å². The van der Waals surface area contributed by atoms with Crippen LogP contribution in [0.4, 0.5) is 13.2 Å². The van der Waals surface area contributed by atoms with Crippen molar-refractivity contribution in [3.8, 4) is 5.75 Å². The van der Waals surface area contributed by atoms with Crippen molar-refractivity contribution in [2.75, 3.05) is 19.7 Å². The number of nitrogens with one attached hydrogen (secondary N) is 1. The van der Waals surface area contributed by atoms with E-state index < -0.39 is 11.7 Å². The van der Waals surface area contributed by atoms with Gasteiger partial charge in [-0.1, -0.05) is 0 Å². The Kier molecular flexibility index (Phi) is 4.17. The first kappa shape index (κ1) is 13.7. The van der Waals surface area contributed by atoms with E-state index in [0.717, 1.165) is 31.6 Å². The third-order valence-corrected chi connectivity index (χ3v) is 3.52. The molecule has 0 spiro atoms. The number of ether oxygens (including phenoxy) is 1. The second-order valence-corrected chi connectivity index (χ2v) is 5.17. The fourth-order valence-corrected chi connectivity index (χ4v) is 2.35. The highest BCUT2D eigenvalue weighted by molar-refractivity contribution is 9.10. The molecular formula is C12H13BrF3NO. The van der Waals surface area contributed by atoms with E-state index in [0.29, 0.717) is 22.7 Å². The summed E-state index contributed by atoms with van der Waals surface area (Å²) < 4.78 is 43.3. The van der Waals surface area contributed by atoms with Gasteiger partial charge in [-0.3, -0.25) is 0 Å². The number of alkyl halides is 3. The lowest BCUT2D eigenvalue weighted by atomic mass is 10.1. The van der Waals surface area contributed by atoms with E-state index in [4.69, 9.17) is 4.74 Å². The van der Waals surface area contributed by atoms with E-state index >= 15 is 0 Å². The molecule has 1 aromatic rings. The summed E-state index contributed by atoms with van der Waals surface area (Å²) in [5.41, 5.74) is -0.677. The predicted molar refractivity (Wildman–Crippen MR) is 65.6 cm³/mol. The van der Waals surface area contributed by atoms with Crippen LogP contribution in [0, 0.1) is 5.92 Å². The van der Waals surface area contributed by atoms with Crippen molar-refractivity contribution < 1.29 is 17.9 Å². The standard InChI is InChI=1S/C12H13BrF3NO/c13-10-5-9(12(14,15)16)1-2-11(10)18-7-8-3-4-17-6-8/h1-2,5,8,17H,3-4,6-7H2. The summed E-state index contributed by atoms with van der Waals surface area (Å²) in [5.74, 6) is 0.883. The van der Waals surface area contributed by atoms with Crippen LogP contribution in [0.15, 0.2) is 22.7 Å². The summed E-state index contributed by atoms with van der Waals surface area (Å²) in [5, 5.41) is 3.21. The highest BCUT2D eigenvalue weighted by atomic mass is 79.9. The number of hydrogen-bond acceptors (Lipinski definition) is 2. The maximum atomic E-state index is 12.5. The molecule has 1 aliphatic heterocycles. The Bertz CT molecular complexity index is 416. The highest BCUT2D eigenvalue weighted by Gasteiger charge is 2.31. The molecule has 0 bridgehead atoms. The van der Waals surface area contributed by atoms with Crippen LogP contribution in [0.2, 0.25) is 0 Å². The van der Waals surface area contributed by atoms with E-state index in [2.05, 4.69) is 21.2 Å². The highest BCUT2D eigenvalue weighted by Crippen LogP contribution is 2.35. The van der Waals surface area contributed by atoms with E-state index in [-0.39, 0.29) is 0 Å². The van der Waals surface area contributed by atoms with E-state index in [1.165, 1.54) is 6.07 Å². The van der Waals surface area contributed by atoms with Crippen LogP contribution < -0.4 is 10.1 Å². The van der Waals surface area contributed by atoms with Crippen molar-refractivity contribution in [1.29, 1.82) is 0 Å². The monoisotopic (exact) mass is 323 g/mol. The molecule has 2 rings (SSSR count). The molecule has 6 heteroatoms. The van der Waals surface area contributed by atoms with Crippen molar-refractivity contribution in [2.45, 2.75) is 12.6 Å². The summed E-state index contributed by atoms with van der Waals surface area (Å²) in [6.45, 7) is 2.40. The van der Waals surface area contributed by atoms with Crippen LogP contribution in [0.1, 0.15) is 12.0 Å². The Labute approximate surface area is 112 Å². The van der Waals surface area contributed by atoms with Gasteiger partial charge in [-0.05, 0) is 47.1 Å². The van der Waals surface area contributed by atoms with Crippen molar-refractivity contribution in [3.63, 3.8) is 0 Å². The van der Waals surface area contributed by atoms with Gasteiger partial charge in [-0.2, -0.15) is 13.2 Å². The second-order valence-electron chi connectivity index (χ2n) is 4.31. The summed E-state index contributed by atoms with van der Waals surface area (Å²) in [7, 11) is 0. The molecular weight excluding hydrogens is 311 g/mol. The van der Waals surface area contributed by atoms with Gasteiger partial charge in [0.1, 0.15) is 5.75 Å². The average molecular weight is 324 g/mol. The molecule has 0 aliphatic carbocycles. The molecule has 0 radical (unpaired) electrons. The van der Waals surface area contributed by atoms with E-state index in [1.54, 1.807) is 0 Å². The van der Waals surface area contributed by atoms with Crippen LogP contribution in [0.25, 0.3) is 0 Å². The molecule has 0 aromatic heterocycles. The molecule has 1 aromatic carbocycles. The van der Waals surface area contributed by atoms with Gasteiger partial charge >= 0.3 is 6.18 Å². The van der Waals surface area contributed by atoms with Gasteiger partial charge in [-0.15, -0.1) is 0 Å². The number of halogens is 4. The SMILES string of the molecule is FC(F)(F)c1ccc(OCC2CCNC2)c(Br)c1. The van der Waals surface area contributed by atoms with Crippen LogP contribution >= 0.6 is 15.9 Å². The van der Waals surface area contributed by atoms with E-state index in [1.807, 2.05) is 0 Å². The molecule has 2 nitrogen and oxygen atoms in total. The Hall–Kier alpha value is -0.750. The van der Waals surface area contributed by atoms with E-state index in [9.17, 15) is 13.2 Å². The minimum absolute atomic E-state index is 0.336. The van der Waals surface area contributed by atoms with Gasteiger partial charge < -0.3 is 10.1 Å². The fraction of sp³-hybridized carbons (Fsp3) is 0.500. The minimum Gasteiger partial charge on any atom is -0.492 e. The smallest absolute Gasteiger partial charge is 0.416 e. The Morgan fingerprint density at radius 3 is 2.72 bits per heavy atom. The van der Waals surface area contributed by atoms with Crippen molar-refractivity contribution in [2.24, 2.45) is 5.92 Å². The third-order valence-electron chi connectivity index (χ3n) is 2.90. The van der Waals surface area contributed by atoms with Crippen molar-refractivity contribution >= 4 is 15.9 Å². The van der Waals surface area contributed by atoms with Gasteiger partial charge in [0.25, 0.3) is 0 Å². The van der Waals surface area contributed by atoms with Crippen LogP contribution in [-0.4, -0.2) is 19.7 Å². The van der Waals surface area contributed by atoms with Gasteiger partial charge in [0.15, 0.2) is 0 Å². The first-order valence-electron chi connectivity index (χ1n) is 5.67. The lowest BCUT2D eigenvalue weighted by Crippen LogP contribution is -2.15. The maximum absolute atomic E-state index is 12.5. The molecule has 1 heterocycles.